The number of benzene rings is 1. The van der Waals surface area contributed by atoms with Gasteiger partial charge in [0.05, 0.1) is 10.7 Å². The van der Waals surface area contributed by atoms with Crippen LogP contribution < -0.4 is 10.6 Å². The summed E-state index contributed by atoms with van der Waals surface area (Å²) < 4.78 is 0. The highest BCUT2D eigenvalue weighted by atomic mass is 35.5. The van der Waals surface area contributed by atoms with Gasteiger partial charge in [-0.15, -0.1) is 0 Å². The lowest BCUT2D eigenvalue weighted by molar-refractivity contribution is -0.116. The highest BCUT2D eigenvalue weighted by Crippen LogP contribution is 2.25. The average molecular weight is 330 g/mol. The van der Waals surface area contributed by atoms with Gasteiger partial charge in [0.25, 0.3) is 0 Å². The number of hydrogen-bond donors (Lipinski definition) is 2. The highest BCUT2D eigenvalue weighted by molar-refractivity contribution is 6.35. The van der Waals surface area contributed by atoms with E-state index in [1.54, 1.807) is 18.2 Å². The van der Waals surface area contributed by atoms with E-state index < -0.39 is 0 Å². The third kappa shape index (κ3) is 4.85. The molecular formula is C15H21Cl2N3O. The van der Waals surface area contributed by atoms with E-state index in [2.05, 4.69) is 15.5 Å². The van der Waals surface area contributed by atoms with E-state index >= 15 is 0 Å². The molecule has 1 heterocycles. The second kappa shape index (κ2) is 7.99. The van der Waals surface area contributed by atoms with Gasteiger partial charge < -0.3 is 10.6 Å². The molecule has 1 unspecified atom stereocenters. The van der Waals surface area contributed by atoms with E-state index in [1.807, 2.05) is 7.05 Å². The molecule has 0 radical (unpaired) electrons. The van der Waals surface area contributed by atoms with Crippen LogP contribution in [0.15, 0.2) is 18.2 Å². The minimum absolute atomic E-state index is 0.0331. The monoisotopic (exact) mass is 329 g/mol. The summed E-state index contributed by atoms with van der Waals surface area (Å²) in [4.78, 5) is 14.4. The molecule has 0 bridgehead atoms. The Balaban J connectivity index is 1.83. The lowest BCUT2D eigenvalue weighted by Crippen LogP contribution is -2.38. The second-order valence-corrected chi connectivity index (χ2v) is 6.16. The van der Waals surface area contributed by atoms with Gasteiger partial charge in [-0.3, -0.25) is 9.69 Å². The molecule has 0 spiro atoms. The summed E-state index contributed by atoms with van der Waals surface area (Å²) >= 11 is 11.9. The molecule has 1 saturated heterocycles. The standard InChI is InChI=1S/C15H21Cl2N3O/c1-18-10-12-3-2-7-20(12)8-6-15(21)19-14-9-11(16)4-5-13(14)17/h4-5,9,12,18H,2-3,6-8,10H2,1H3,(H,19,21). The molecule has 6 heteroatoms. The Labute approximate surface area is 135 Å². The summed E-state index contributed by atoms with van der Waals surface area (Å²) in [6, 6.07) is 5.59. The van der Waals surface area contributed by atoms with Gasteiger partial charge in [0, 0.05) is 30.6 Å². The van der Waals surface area contributed by atoms with Crippen molar-refractivity contribution in [2.45, 2.75) is 25.3 Å². The van der Waals surface area contributed by atoms with E-state index in [4.69, 9.17) is 23.2 Å². The molecule has 4 nitrogen and oxygen atoms in total. The Kier molecular flexibility index (Phi) is 6.30. The number of amides is 1. The molecule has 0 aliphatic carbocycles. The van der Waals surface area contributed by atoms with Crippen LogP contribution in [0.25, 0.3) is 0 Å². The largest absolute Gasteiger partial charge is 0.325 e. The van der Waals surface area contributed by atoms with Crippen LogP contribution in [0.2, 0.25) is 10.0 Å². The van der Waals surface area contributed by atoms with Crippen molar-refractivity contribution in [3.63, 3.8) is 0 Å². The van der Waals surface area contributed by atoms with Crippen LogP contribution in [0.1, 0.15) is 19.3 Å². The Hall–Kier alpha value is -0.810. The van der Waals surface area contributed by atoms with Crippen LogP contribution in [0.4, 0.5) is 5.69 Å². The molecule has 2 rings (SSSR count). The first kappa shape index (κ1) is 16.6. The number of carbonyl (C=O) groups excluding carboxylic acids is 1. The topological polar surface area (TPSA) is 44.4 Å². The maximum Gasteiger partial charge on any atom is 0.225 e. The molecule has 1 aliphatic heterocycles. The molecule has 0 saturated carbocycles. The van der Waals surface area contributed by atoms with E-state index in [0.717, 1.165) is 19.6 Å². The lowest BCUT2D eigenvalue weighted by Gasteiger charge is -2.23. The molecule has 0 aromatic heterocycles. The molecule has 21 heavy (non-hydrogen) atoms. The molecule has 1 fully saturated rings. The minimum Gasteiger partial charge on any atom is -0.325 e. The number of halogens is 2. The number of carbonyl (C=O) groups is 1. The van der Waals surface area contributed by atoms with Crippen LogP contribution in [0.5, 0.6) is 0 Å². The Morgan fingerprint density at radius 3 is 3.00 bits per heavy atom. The zero-order valence-electron chi connectivity index (χ0n) is 12.2. The van der Waals surface area contributed by atoms with Gasteiger partial charge >= 0.3 is 0 Å². The molecule has 116 valence electrons. The maximum absolute atomic E-state index is 12.0. The van der Waals surface area contributed by atoms with E-state index in [0.29, 0.717) is 28.2 Å². The van der Waals surface area contributed by atoms with Gasteiger partial charge in [0.15, 0.2) is 0 Å². The number of nitrogens with zero attached hydrogens (tertiary/aromatic N) is 1. The van der Waals surface area contributed by atoms with Crippen molar-refractivity contribution in [1.29, 1.82) is 0 Å². The third-order valence-electron chi connectivity index (χ3n) is 3.77. The first-order valence-electron chi connectivity index (χ1n) is 7.23. The molecule has 1 aromatic carbocycles. The van der Waals surface area contributed by atoms with Crippen LogP contribution in [0.3, 0.4) is 0 Å². The van der Waals surface area contributed by atoms with Crippen molar-refractivity contribution in [1.82, 2.24) is 10.2 Å². The van der Waals surface area contributed by atoms with Crippen LogP contribution >= 0.6 is 23.2 Å². The van der Waals surface area contributed by atoms with Gasteiger partial charge in [-0.25, -0.2) is 0 Å². The number of likely N-dealkylation sites (N-methyl/N-ethyl adjacent to an activating group) is 1. The average Bonchev–Trinajstić information content (AvgIpc) is 2.88. The van der Waals surface area contributed by atoms with Crippen LogP contribution in [-0.2, 0) is 4.79 Å². The highest BCUT2D eigenvalue weighted by Gasteiger charge is 2.23. The molecule has 1 aliphatic rings. The van der Waals surface area contributed by atoms with Crippen molar-refractivity contribution in [3.8, 4) is 0 Å². The maximum atomic E-state index is 12.0. The Morgan fingerprint density at radius 1 is 1.43 bits per heavy atom. The Morgan fingerprint density at radius 2 is 2.24 bits per heavy atom. The van der Waals surface area contributed by atoms with Gasteiger partial charge in [0.2, 0.25) is 5.91 Å². The van der Waals surface area contributed by atoms with E-state index in [-0.39, 0.29) is 5.91 Å². The number of anilines is 1. The number of nitrogens with one attached hydrogen (secondary N) is 2. The first-order chi connectivity index (χ1) is 10.1. The first-order valence-corrected chi connectivity index (χ1v) is 7.99. The number of rotatable bonds is 6. The van der Waals surface area contributed by atoms with E-state index in [1.165, 1.54) is 12.8 Å². The minimum atomic E-state index is -0.0331. The van der Waals surface area contributed by atoms with Gasteiger partial charge in [-0.05, 0) is 44.6 Å². The SMILES string of the molecule is CNCC1CCCN1CCC(=O)Nc1cc(Cl)ccc1Cl. The van der Waals surface area contributed by atoms with Crippen molar-refractivity contribution in [2.24, 2.45) is 0 Å². The predicted octanol–water partition coefficient (Wildman–Crippen LogP) is 3.01. The smallest absolute Gasteiger partial charge is 0.225 e. The van der Waals surface area contributed by atoms with Crippen molar-refractivity contribution >= 4 is 34.8 Å². The summed E-state index contributed by atoms with van der Waals surface area (Å²) in [6.07, 6.45) is 2.86. The van der Waals surface area contributed by atoms with Crippen LogP contribution in [0, 0.1) is 0 Å². The number of hydrogen-bond acceptors (Lipinski definition) is 3. The second-order valence-electron chi connectivity index (χ2n) is 5.31. The fourth-order valence-corrected chi connectivity index (χ4v) is 3.04. The van der Waals surface area contributed by atoms with Crippen LogP contribution in [-0.4, -0.2) is 43.5 Å². The molecular weight excluding hydrogens is 309 g/mol. The molecule has 1 atom stereocenters. The Bertz CT molecular complexity index is 496. The van der Waals surface area contributed by atoms with Crippen molar-refractivity contribution in [2.75, 3.05) is 32.0 Å². The van der Waals surface area contributed by atoms with Crippen molar-refractivity contribution < 1.29 is 4.79 Å². The van der Waals surface area contributed by atoms with Gasteiger partial charge in [-0.1, -0.05) is 23.2 Å². The van der Waals surface area contributed by atoms with Gasteiger partial charge in [0.1, 0.15) is 0 Å². The summed E-state index contributed by atoms with van der Waals surface area (Å²) in [7, 11) is 1.96. The quantitative estimate of drug-likeness (QED) is 0.843. The van der Waals surface area contributed by atoms with Crippen molar-refractivity contribution in [3.05, 3.63) is 28.2 Å². The van der Waals surface area contributed by atoms with Gasteiger partial charge in [-0.2, -0.15) is 0 Å². The normalized spacial score (nSPS) is 18.9. The number of likely N-dealkylation sites (tertiary alicyclic amines) is 1. The summed E-state index contributed by atoms with van der Waals surface area (Å²) in [6.45, 7) is 2.82. The predicted molar refractivity (Wildman–Crippen MR) is 88.2 cm³/mol. The molecule has 1 amide bonds. The lowest BCUT2D eigenvalue weighted by atomic mass is 10.2. The third-order valence-corrected chi connectivity index (χ3v) is 4.33. The summed E-state index contributed by atoms with van der Waals surface area (Å²) in [5, 5.41) is 7.09. The summed E-state index contributed by atoms with van der Waals surface area (Å²) in [5.74, 6) is -0.0331. The fraction of sp³-hybridized carbons (Fsp3) is 0.533. The molecule has 1 aromatic rings. The zero-order chi connectivity index (χ0) is 15.2. The zero-order valence-corrected chi connectivity index (χ0v) is 13.7. The summed E-state index contributed by atoms with van der Waals surface area (Å²) in [5.41, 5.74) is 0.572. The molecule has 2 N–H and O–H groups in total. The fourth-order valence-electron chi connectivity index (χ4n) is 2.71. The van der Waals surface area contributed by atoms with E-state index in [9.17, 15) is 4.79 Å².